The second-order valence-electron chi connectivity index (χ2n) is 10.5. The molecule has 2 N–H and O–H groups in total. The number of anilines is 1. The number of hydrogen-bond acceptors (Lipinski definition) is 5. The topological polar surface area (TPSA) is 88.8 Å². The molecule has 5 rings (SSSR count). The summed E-state index contributed by atoms with van der Waals surface area (Å²) in [7, 11) is 3.58. The Kier molecular flexibility index (Phi) is 5.98. The molecule has 0 radical (unpaired) electrons. The van der Waals surface area contributed by atoms with Crippen molar-refractivity contribution < 1.29 is 14.6 Å². The molecule has 1 saturated heterocycles. The minimum absolute atomic E-state index is 0.0926. The second-order valence-corrected chi connectivity index (χ2v) is 10.5. The maximum Gasteiger partial charge on any atom is 0.325 e. The first-order chi connectivity index (χ1) is 16.9. The third-order valence-electron chi connectivity index (χ3n) is 8.66. The molecule has 0 atom stereocenters. The van der Waals surface area contributed by atoms with Gasteiger partial charge in [-0.05, 0) is 69.7 Å². The van der Waals surface area contributed by atoms with Gasteiger partial charge in [0.05, 0.1) is 48.7 Å². The molecule has 1 spiro atoms. The molecule has 7 heteroatoms. The molecule has 2 aromatic rings. The van der Waals surface area contributed by atoms with Crippen LogP contribution in [-0.2, 0) is 5.54 Å². The molecular formula is C28H34N4O3. The summed E-state index contributed by atoms with van der Waals surface area (Å²) in [6.07, 6.45) is 5.92. The van der Waals surface area contributed by atoms with Crippen LogP contribution >= 0.6 is 0 Å². The molecule has 2 aliphatic carbocycles. The summed E-state index contributed by atoms with van der Waals surface area (Å²) in [5.41, 5.74) is 1.14. The number of β-amino-alcohol motifs (C(OH)–C–C–N with tert-alkyl or cyclic N) is 1. The van der Waals surface area contributed by atoms with Gasteiger partial charge in [-0.15, -0.1) is 0 Å². The number of carbonyl (C=O) groups is 1. The van der Waals surface area contributed by atoms with Crippen molar-refractivity contribution in [2.75, 3.05) is 32.1 Å². The van der Waals surface area contributed by atoms with E-state index >= 15 is 0 Å². The number of aliphatic hydroxyl groups is 1. The second kappa shape index (κ2) is 8.85. The predicted octanol–water partition coefficient (Wildman–Crippen LogP) is 4.15. The van der Waals surface area contributed by atoms with E-state index in [2.05, 4.69) is 35.7 Å². The van der Waals surface area contributed by atoms with Gasteiger partial charge < -0.3 is 20.1 Å². The van der Waals surface area contributed by atoms with Crippen LogP contribution in [0.2, 0.25) is 0 Å². The third-order valence-corrected chi connectivity index (χ3v) is 8.66. The van der Waals surface area contributed by atoms with Crippen molar-refractivity contribution in [3.05, 3.63) is 59.7 Å². The van der Waals surface area contributed by atoms with Gasteiger partial charge in [0.1, 0.15) is 5.75 Å². The Morgan fingerprint density at radius 1 is 1.09 bits per heavy atom. The molecule has 0 aromatic heterocycles. The van der Waals surface area contributed by atoms with E-state index in [0.29, 0.717) is 30.1 Å². The Labute approximate surface area is 207 Å². The summed E-state index contributed by atoms with van der Waals surface area (Å²) in [5, 5.41) is 24.0. The number of nitrogens with zero attached hydrogens (tertiary/aromatic N) is 3. The van der Waals surface area contributed by atoms with Crippen LogP contribution in [-0.4, -0.2) is 54.4 Å². The monoisotopic (exact) mass is 474 g/mol. The van der Waals surface area contributed by atoms with Gasteiger partial charge in [-0.1, -0.05) is 30.3 Å². The maximum atomic E-state index is 13.9. The first kappa shape index (κ1) is 23.7. The van der Waals surface area contributed by atoms with Gasteiger partial charge in [-0.2, -0.15) is 5.26 Å². The minimum atomic E-state index is -0.801. The molecule has 1 aliphatic heterocycles. The zero-order chi connectivity index (χ0) is 24.7. The number of carbonyl (C=O) groups excluding carboxylic acids is 1. The smallest absolute Gasteiger partial charge is 0.325 e. The summed E-state index contributed by atoms with van der Waals surface area (Å²) < 4.78 is 5.58. The number of nitrogens with one attached hydrogen (secondary N) is 1. The van der Waals surface area contributed by atoms with Gasteiger partial charge in [0.15, 0.2) is 0 Å². The molecule has 3 aliphatic rings. The van der Waals surface area contributed by atoms with Crippen molar-refractivity contribution in [2.24, 2.45) is 0 Å². The van der Waals surface area contributed by atoms with Crippen LogP contribution in [0.15, 0.2) is 48.5 Å². The normalized spacial score (nSPS) is 27.5. The van der Waals surface area contributed by atoms with Gasteiger partial charge in [0, 0.05) is 11.6 Å². The van der Waals surface area contributed by atoms with Crippen molar-refractivity contribution >= 4 is 11.7 Å². The van der Waals surface area contributed by atoms with E-state index in [1.165, 1.54) is 5.56 Å². The molecule has 2 amide bonds. The van der Waals surface area contributed by atoms with Gasteiger partial charge in [0.25, 0.3) is 0 Å². The van der Waals surface area contributed by atoms with Crippen LogP contribution < -0.4 is 15.0 Å². The van der Waals surface area contributed by atoms with E-state index in [4.69, 9.17) is 4.74 Å². The van der Waals surface area contributed by atoms with E-state index in [1.807, 2.05) is 18.0 Å². The number of benzene rings is 2. The van der Waals surface area contributed by atoms with E-state index < -0.39 is 5.60 Å². The largest absolute Gasteiger partial charge is 0.495 e. The number of ether oxygens (including phenoxy) is 1. The Morgan fingerprint density at radius 3 is 2.37 bits per heavy atom. The highest BCUT2D eigenvalue weighted by Gasteiger charge is 2.56. The summed E-state index contributed by atoms with van der Waals surface area (Å²) in [4.78, 5) is 17.7. The lowest BCUT2D eigenvalue weighted by Gasteiger charge is -2.50. The van der Waals surface area contributed by atoms with Crippen molar-refractivity contribution in [1.82, 2.24) is 10.2 Å². The van der Waals surface area contributed by atoms with Crippen LogP contribution in [0.5, 0.6) is 5.75 Å². The third kappa shape index (κ3) is 3.95. The number of rotatable bonds is 6. The van der Waals surface area contributed by atoms with Crippen LogP contribution in [0.3, 0.4) is 0 Å². The highest BCUT2D eigenvalue weighted by molar-refractivity contribution is 5.97. The number of nitriles is 1. The Bertz CT molecular complexity index is 1130. The van der Waals surface area contributed by atoms with Gasteiger partial charge >= 0.3 is 6.03 Å². The first-order valence-corrected chi connectivity index (χ1v) is 12.5. The van der Waals surface area contributed by atoms with Crippen molar-refractivity contribution in [1.29, 1.82) is 5.26 Å². The molecule has 2 aromatic carbocycles. The molecule has 35 heavy (non-hydrogen) atoms. The molecule has 184 valence electrons. The maximum absolute atomic E-state index is 13.9. The van der Waals surface area contributed by atoms with E-state index in [1.54, 1.807) is 30.2 Å². The fourth-order valence-electron chi connectivity index (χ4n) is 6.24. The van der Waals surface area contributed by atoms with E-state index in [9.17, 15) is 15.2 Å². The summed E-state index contributed by atoms with van der Waals surface area (Å²) in [6, 6.07) is 17.8. The molecule has 2 saturated carbocycles. The van der Waals surface area contributed by atoms with Gasteiger partial charge in [0.2, 0.25) is 0 Å². The summed E-state index contributed by atoms with van der Waals surface area (Å²) in [6.45, 7) is 0.900. The average molecular weight is 475 g/mol. The summed E-state index contributed by atoms with van der Waals surface area (Å²) in [5.74, 6) is 0.515. The molecule has 0 bridgehead atoms. The lowest BCUT2D eigenvalue weighted by atomic mass is 9.68. The van der Waals surface area contributed by atoms with Crippen LogP contribution in [0.25, 0.3) is 0 Å². The van der Waals surface area contributed by atoms with E-state index in [-0.39, 0.29) is 17.1 Å². The predicted molar refractivity (Wildman–Crippen MR) is 134 cm³/mol. The first-order valence-electron chi connectivity index (χ1n) is 12.5. The zero-order valence-corrected chi connectivity index (χ0v) is 20.6. The Morgan fingerprint density at radius 2 is 1.80 bits per heavy atom. The quantitative estimate of drug-likeness (QED) is 0.657. The fraction of sp³-hybridized carbons (Fsp3) is 0.500. The summed E-state index contributed by atoms with van der Waals surface area (Å²) >= 11 is 0. The van der Waals surface area contributed by atoms with Crippen LogP contribution in [0.1, 0.15) is 56.1 Å². The number of amides is 2. The lowest BCUT2D eigenvalue weighted by Crippen LogP contribution is -2.59. The molecule has 0 unspecified atom stereocenters. The SMILES string of the molecule is CN[C@]1(c2ccccc2)CC[C@@]2(CC1)CN(c1ccc(C#N)cc1OC)C(=O)N2CC1(O)CCC1. The number of methoxy groups -OCH3 is 1. The number of urea groups is 1. The van der Waals surface area contributed by atoms with Crippen LogP contribution in [0.4, 0.5) is 10.5 Å². The zero-order valence-electron chi connectivity index (χ0n) is 20.6. The molecule has 3 fully saturated rings. The fourth-order valence-corrected chi connectivity index (χ4v) is 6.24. The molecule has 7 nitrogen and oxygen atoms in total. The lowest BCUT2D eigenvalue weighted by molar-refractivity contribution is -0.0690. The standard InChI is InChI=1S/C28H34N4O3/c1-30-28(22-7-4-3-5-8-22)15-13-26(14-16-28)19-31(23-10-9-21(18-29)17-24(23)35-2)25(33)32(26)20-27(34)11-6-12-27/h3-5,7-10,17,30,34H,6,11-16,19-20H2,1-2H3/t26-,28-. The van der Waals surface area contributed by atoms with Crippen molar-refractivity contribution in [3.8, 4) is 11.8 Å². The highest BCUT2D eigenvalue weighted by atomic mass is 16.5. The van der Waals surface area contributed by atoms with Crippen molar-refractivity contribution in [3.63, 3.8) is 0 Å². The highest BCUT2D eigenvalue weighted by Crippen LogP contribution is 2.49. The molecular weight excluding hydrogens is 440 g/mol. The molecule has 1 heterocycles. The van der Waals surface area contributed by atoms with Gasteiger partial charge in [-0.25, -0.2) is 4.79 Å². The van der Waals surface area contributed by atoms with Crippen LogP contribution in [0, 0.1) is 11.3 Å². The Hall–Kier alpha value is -3.08. The van der Waals surface area contributed by atoms with Gasteiger partial charge in [-0.3, -0.25) is 4.90 Å². The van der Waals surface area contributed by atoms with Crippen molar-refractivity contribution in [2.45, 2.75) is 61.6 Å². The minimum Gasteiger partial charge on any atom is -0.495 e. The van der Waals surface area contributed by atoms with E-state index in [0.717, 1.165) is 44.9 Å². The number of hydrogen-bond donors (Lipinski definition) is 2. The Balaban J connectivity index is 1.48. The average Bonchev–Trinajstić information content (AvgIpc) is 3.14.